The summed E-state index contributed by atoms with van der Waals surface area (Å²) in [6, 6.07) is 24.9. The maximum absolute atomic E-state index is 14.6. The molecular weight excluding hydrogens is 593 g/mol. The summed E-state index contributed by atoms with van der Waals surface area (Å²) >= 11 is 7.38. The molecule has 0 aromatic heterocycles. The maximum Gasteiger partial charge on any atom is 0.335 e. The predicted molar refractivity (Wildman–Crippen MR) is 166 cm³/mol. The summed E-state index contributed by atoms with van der Waals surface area (Å²) in [6.45, 7) is 1.68. The molecule has 0 aliphatic heterocycles. The number of carbonyl (C=O) groups excluding carboxylic acids is 3. The van der Waals surface area contributed by atoms with Crippen LogP contribution in [0.5, 0.6) is 0 Å². The summed E-state index contributed by atoms with van der Waals surface area (Å²) in [4.78, 5) is 50.8. The summed E-state index contributed by atoms with van der Waals surface area (Å²) in [6.07, 6.45) is 1.16. The standard InChI is InChI=1S/C32H25ClFN3O5S/c1-19(29(38)35-22-11-5-10-21(16-22)32(41)42)43-24-13-6-12-23(17-24)36-31(40)28(18-25-26(33)14-7-15-27(25)34)37-30(39)20-8-3-2-4-9-20/h2-19H,1H3,(H,35,38)(H,36,40)(H,37,39)(H,41,42)/b28-18+. The van der Waals surface area contributed by atoms with E-state index in [1.54, 1.807) is 67.6 Å². The highest BCUT2D eigenvalue weighted by molar-refractivity contribution is 8.00. The van der Waals surface area contributed by atoms with Gasteiger partial charge in [0.1, 0.15) is 11.5 Å². The topological polar surface area (TPSA) is 125 Å². The van der Waals surface area contributed by atoms with Crippen molar-refractivity contribution < 1.29 is 28.7 Å². The van der Waals surface area contributed by atoms with Crippen LogP contribution >= 0.6 is 23.4 Å². The van der Waals surface area contributed by atoms with Gasteiger partial charge in [-0.2, -0.15) is 0 Å². The Balaban J connectivity index is 1.50. The highest BCUT2D eigenvalue weighted by Crippen LogP contribution is 2.27. The number of amides is 3. The third kappa shape index (κ3) is 8.54. The fourth-order valence-electron chi connectivity index (χ4n) is 3.81. The number of hydrogen-bond acceptors (Lipinski definition) is 5. The van der Waals surface area contributed by atoms with E-state index in [0.29, 0.717) is 21.8 Å². The van der Waals surface area contributed by atoms with Gasteiger partial charge in [-0.3, -0.25) is 14.4 Å². The Morgan fingerprint density at radius 1 is 0.837 bits per heavy atom. The highest BCUT2D eigenvalue weighted by Gasteiger charge is 2.19. The van der Waals surface area contributed by atoms with Crippen LogP contribution in [-0.4, -0.2) is 34.0 Å². The number of halogens is 2. The van der Waals surface area contributed by atoms with Crippen LogP contribution in [-0.2, 0) is 9.59 Å². The number of carboxylic acids is 1. The van der Waals surface area contributed by atoms with Gasteiger partial charge in [0.15, 0.2) is 0 Å². The van der Waals surface area contributed by atoms with Crippen LogP contribution in [0, 0.1) is 5.82 Å². The first kappa shape index (κ1) is 31.0. The molecule has 0 spiro atoms. The van der Waals surface area contributed by atoms with Crippen molar-refractivity contribution in [2.75, 3.05) is 10.6 Å². The lowest BCUT2D eigenvalue weighted by molar-refractivity contribution is -0.115. The fraction of sp³-hybridized carbons (Fsp3) is 0.0625. The van der Waals surface area contributed by atoms with Crippen molar-refractivity contribution in [2.24, 2.45) is 0 Å². The zero-order chi connectivity index (χ0) is 30.9. The molecule has 4 N–H and O–H groups in total. The largest absolute Gasteiger partial charge is 0.478 e. The van der Waals surface area contributed by atoms with E-state index in [4.69, 9.17) is 16.7 Å². The quantitative estimate of drug-likeness (QED) is 0.116. The Morgan fingerprint density at radius 2 is 1.49 bits per heavy atom. The minimum absolute atomic E-state index is 0.0483. The van der Waals surface area contributed by atoms with Gasteiger partial charge in [0.2, 0.25) is 5.91 Å². The summed E-state index contributed by atoms with van der Waals surface area (Å²) < 4.78 is 14.6. The minimum atomic E-state index is -1.10. The van der Waals surface area contributed by atoms with Gasteiger partial charge in [0, 0.05) is 27.4 Å². The number of carboxylic acid groups (broad SMARTS) is 1. The molecule has 0 bridgehead atoms. The maximum atomic E-state index is 14.6. The second kappa shape index (κ2) is 14.3. The number of anilines is 2. The zero-order valence-electron chi connectivity index (χ0n) is 22.6. The third-order valence-corrected chi connectivity index (χ3v) is 7.39. The Kier molecular flexibility index (Phi) is 10.3. The molecule has 0 aliphatic carbocycles. The second-order valence-corrected chi connectivity index (χ2v) is 11.0. The molecule has 4 aromatic carbocycles. The summed E-state index contributed by atoms with van der Waals surface area (Å²) in [5, 5.41) is 16.6. The average Bonchev–Trinajstić information content (AvgIpc) is 2.99. The van der Waals surface area contributed by atoms with E-state index in [0.717, 1.165) is 6.08 Å². The Labute approximate surface area is 256 Å². The van der Waals surface area contributed by atoms with Crippen molar-refractivity contribution in [1.82, 2.24) is 5.32 Å². The van der Waals surface area contributed by atoms with Gasteiger partial charge in [-0.05, 0) is 73.7 Å². The van der Waals surface area contributed by atoms with Gasteiger partial charge in [0.25, 0.3) is 11.8 Å². The molecule has 1 atom stereocenters. The lowest BCUT2D eigenvalue weighted by Gasteiger charge is -2.14. The molecule has 11 heteroatoms. The molecule has 4 rings (SSSR count). The third-order valence-electron chi connectivity index (χ3n) is 5.97. The number of aromatic carboxylic acids is 1. The first-order valence-electron chi connectivity index (χ1n) is 12.8. The van der Waals surface area contributed by atoms with Crippen molar-refractivity contribution in [3.8, 4) is 0 Å². The average molecular weight is 618 g/mol. The van der Waals surface area contributed by atoms with Crippen LogP contribution in [0.4, 0.5) is 15.8 Å². The normalized spacial score (nSPS) is 11.7. The van der Waals surface area contributed by atoms with E-state index in [1.165, 1.54) is 48.2 Å². The van der Waals surface area contributed by atoms with Gasteiger partial charge in [0.05, 0.1) is 15.8 Å². The SMILES string of the molecule is CC(Sc1cccc(NC(=O)/C(=C\c2c(F)cccc2Cl)NC(=O)c2ccccc2)c1)C(=O)Nc1cccc(C(=O)O)c1. The van der Waals surface area contributed by atoms with Crippen molar-refractivity contribution >= 4 is 64.5 Å². The number of carbonyl (C=O) groups is 4. The first-order valence-corrected chi connectivity index (χ1v) is 14.1. The fourth-order valence-corrected chi connectivity index (χ4v) is 4.96. The predicted octanol–water partition coefficient (Wildman–Crippen LogP) is 6.71. The Hall–Kier alpha value is -4.93. The van der Waals surface area contributed by atoms with E-state index < -0.39 is 28.9 Å². The number of hydrogen-bond donors (Lipinski definition) is 4. The molecule has 1 unspecified atom stereocenters. The molecule has 0 saturated carbocycles. The molecule has 0 heterocycles. The number of thioether (sulfide) groups is 1. The highest BCUT2D eigenvalue weighted by atomic mass is 35.5. The van der Waals surface area contributed by atoms with Gasteiger partial charge in [-0.1, -0.05) is 48.0 Å². The minimum Gasteiger partial charge on any atom is -0.478 e. The van der Waals surface area contributed by atoms with Crippen LogP contribution in [0.3, 0.4) is 0 Å². The second-order valence-electron chi connectivity index (χ2n) is 9.13. The lowest BCUT2D eigenvalue weighted by atomic mass is 10.1. The molecular formula is C32H25ClFN3O5S. The van der Waals surface area contributed by atoms with E-state index in [2.05, 4.69) is 16.0 Å². The Morgan fingerprint density at radius 3 is 2.19 bits per heavy atom. The van der Waals surface area contributed by atoms with E-state index in [1.807, 2.05) is 0 Å². The summed E-state index contributed by atoms with van der Waals surface area (Å²) in [5.74, 6) is -3.43. The molecule has 43 heavy (non-hydrogen) atoms. The van der Waals surface area contributed by atoms with Gasteiger partial charge in [-0.15, -0.1) is 11.8 Å². The van der Waals surface area contributed by atoms with E-state index in [-0.39, 0.29) is 27.8 Å². The monoisotopic (exact) mass is 617 g/mol. The molecule has 0 radical (unpaired) electrons. The van der Waals surface area contributed by atoms with Crippen LogP contribution in [0.25, 0.3) is 6.08 Å². The van der Waals surface area contributed by atoms with Crippen LogP contribution in [0.1, 0.15) is 33.2 Å². The van der Waals surface area contributed by atoms with Crippen molar-refractivity contribution in [3.63, 3.8) is 0 Å². The molecule has 4 aromatic rings. The summed E-state index contributed by atoms with van der Waals surface area (Å²) in [7, 11) is 0. The smallest absolute Gasteiger partial charge is 0.335 e. The Bertz CT molecular complexity index is 1690. The molecule has 0 fully saturated rings. The van der Waals surface area contributed by atoms with E-state index in [9.17, 15) is 23.6 Å². The van der Waals surface area contributed by atoms with Gasteiger partial charge in [-0.25, -0.2) is 9.18 Å². The van der Waals surface area contributed by atoms with E-state index >= 15 is 0 Å². The molecule has 0 saturated heterocycles. The number of benzene rings is 4. The van der Waals surface area contributed by atoms with Crippen LogP contribution in [0.15, 0.2) is 108 Å². The number of nitrogens with one attached hydrogen (secondary N) is 3. The van der Waals surface area contributed by atoms with Gasteiger partial charge < -0.3 is 21.1 Å². The van der Waals surface area contributed by atoms with Crippen LogP contribution < -0.4 is 16.0 Å². The van der Waals surface area contributed by atoms with Crippen molar-refractivity contribution in [2.45, 2.75) is 17.1 Å². The number of rotatable bonds is 10. The first-order chi connectivity index (χ1) is 20.6. The molecule has 218 valence electrons. The van der Waals surface area contributed by atoms with Crippen molar-refractivity contribution in [3.05, 3.63) is 130 Å². The molecule has 0 aliphatic rings. The lowest BCUT2D eigenvalue weighted by Crippen LogP contribution is -2.30. The zero-order valence-corrected chi connectivity index (χ0v) is 24.2. The van der Waals surface area contributed by atoms with Crippen LogP contribution in [0.2, 0.25) is 5.02 Å². The van der Waals surface area contributed by atoms with Gasteiger partial charge >= 0.3 is 5.97 Å². The van der Waals surface area contributed by atoms with Crippen molar-refractivity contribution in [1.29, 1.82) is 0 Å². The summed E-state index contributed by atoms with van der Waals surface area (Å²) in [5.41, 5.74) is 0.741. The molecule has 8 nitrogen and oxygen atoms in total. The molecule has 3 amide bonds.